The number of rotatable bonds is 6. The van der Waals surface area contributed by atoms with Gasteiger partial charge in [0.15, 0.2) is 5.65 Å². The van der Waals surface area contributed by atoms with Gasteiger partial charge in [-0.05, 0) is 41.5 Å². The number of aromatic nitrogens is 4. The number of amides is 1. The highest BCUT2D eigenvalue weighted by molar-refractivity contribution is 5.97. The quantitative estimate of drug-likeness (QED) is 0.456. The van der Waals surface area contributed by atoms with Gasteiger partial charge < -0.3 is 20.5 Å². The molecule has 170 valence electrons. The summed E-state index contributed by atoms with van der Waals surface area (Å²) in [4.78, 5) is 21.1. The number of nitrogens with zero attached hydrogens (tertiary/aromatic N) is 4. The highest BCUT2D eigenvalue weighted by Crippen LogP contribution is 2.26. The van der Waals surface area contributed by atoms with Crippen LogP contribution in [-0.4, -0.2) is 39.0 Å². The number of carbonyl (C=O) groups excluding carboxylic acids is 1. The van der Waals surface area contributed by atoms with Gasteiger partial charge in [-0.2, -0.15) is 4.98 Å². The van der Waals surface area contributed by atoms with Crippen LogP contribution in [0.1, 0.15) is 15.9 Å². The number of carbonyl (C=O) groups is 1. The van der Waals surface area contributed by atoms with E-state index in [1.165, 1.54) is 29.8 Å². The third-order valence-corrected chi connectivity index (χ3v) is 4.56. The average Bonchev–Trinajstić information content (AvgIpc) is 3.15. The molecule has 0 saturated heterocycles. The van der Waals surface area contributed by atoms with E-state index < -0.39 is 12.3 Å². The maximum atomic E-state index is 12.8. The Kier molecular flexibility index (Phi) is 5.73. The van der Waals surface area contributed by atoms with E-state index in [1.807, 2.05) is 0 Å². The second-order valence-corrected chi connectivity index (χ2v) is 6.85. The van der Waals surface area contributed by atoms with Crippen LogP contribution in [0.5, 0.6) is 11.6 Å². The molecule has 0 fully saturated rings. The minimum absolute atomic E-state index is 0.0355. The zero-order valence-corrected chi connectivity index (χ0v) is 17.1. The average molecular weight is 458 g/mol. The first-order valence-corrected chi connectivity index (χ1v) is 9.51. The summed E-state index contributed by atoms with van der Waals surface area (Å²) in [5, 5.41) is 6.67. The standard InChI is InChI=1S/C21H17F3N6O3/c1-32-19-16(18(31)26-10-12-3-2-4-15(7-12)33-21(22,23)24)8-14(11-27-19)13-5-6-30-17(9-13)28-20(25)29-30/h2-9,11H,10H2,1H3,(H2,25,29)(H,26,31). The van der Waals surface area contributed by atoms with Crippen molar-refractivity contribution in [2.75, 3.05) is 12.8 Å². The summed E-state index contributed by atoms with van der Waals surface area (Å²) in [5.74, 6) is -0.667. The molecule has 3 aromatic heterocycles. The largest absolute Gasteiger partial charge is 0.573 e. The molecule has 0 bridgehead atoms. The van der Waals surface area contributed by atoms with E-state index >= 15 is 0 Å². The molecule has 0 spiro atoms. The SMILES string of the molecule is COc1ncc(-c2ccn3nc(N)nc3c2)cc1C(=O)NCc1cccc(OC(F)(F)F)c1. The molecule has 0 aliphatic carbocycles. The minimum Gasteiger partial charge on any atom is -0.480 e. The van der Waals surface area contributed by atoms with Crippen molar-refractivity contribution in [1.29, 1.82) is 0 Å². The Morgan fingerprint density at radius 1 is 1.18 bits per heavy atom. The molecule has 0 aliphatic heterocycles. The maximum absolute atomic E-state index is 12.8. The molecule has 0 atom stereocenters. The van der Waals surface area contributed by atoms with Gasteiger partial charge in [0, 0.05) is 24.5 Å². The fourth-order valence-corrected chi connectivity index (χ4v) is 3.14. The predicted molar refractivity (Wildman–Crippen MR) is 111 cm³/mol. The summed E-state index contributed by atoms with van der Waals surface area (Å²) in [6, 6.07) is 10.4. The molecule has 9 nitrogen and oxygen atoms in total. The van der Waals surface area contributed by atoms with Crippen molar-refractivity contribution < 1.29 is 27.4 Å². The summed E-state index contributed by atoms with van der Waals surface area (Å²) in [6.07, 6.45) is -1.59. The van der Waals surface area contributed by atoms with E-state index in [4.69, 9.17) is 10.5 Å². The number of fused-ring (bicyclic) bond motifs is 1. The lowest BCUT2D eigenvalue weighted by atomic mass is 10.1. The van der Waals surface area contributed by atoms with Crippen molar-refractivity contribution >= 4 is 17.5 Å². The summed E-state index contributed by atoms with van der Waals surface area (Å²) in [6.45, 7) is -0.0355. The fraction of sp³-hybridized carbons (Fsp3) is 0.143. The number of anilines is 1. The van der Waals surface area contributed by atoms with Gasteiger partial charge in [0.05, 0.1) is 7.11 Å². The molecule has 0 radical (unpaired) electrons. The Bertz CT molecular complexity index is 1320. The van der Waals surface area contributed by atoms with Crippen molar-refractivity contribution in [3.8, 4) is 22.8 Å². The second-order valence-electron chi connectivity index (χ2n) is 6.85. The van der Waals surface area contributed by atoms with Gasteiger partial charge in [-0.25, -0.2) is 9.50 Å². The van der Waals surface area contributed by atoms with E-state index in [0.29, 0.717) is 16.8 Å². The first-order chi connectivity index (χ1) is 15.7. The number of ether oxygens (including phenoxy) is 2. The van der Waals surface area contributed by atoms with Crippen LogP contribution in [0.25, 0.3) is 16.8 Å². The summed E-state index contributed by atoms with van der Waals surface area (Å²) >= 11 is 0. The third-order valence-electron chi connectivity index (χ3n) is 4.56. The molecule has 4 rings (SSSR count). The molecule has 33 heavy (non-hydrogen) atoms. The van der Waals surface area contributed by atoms with E-state index in [1.54, 1.807) is 36.7 Å². The highest BCUT2D eigenvalue weighted by atomic mass is 19.4. The number of nitrogen functional groups attached to an aromatic ring is 1. The summed E-state index contributed by atoms with van der Waals surface area (Å²) < 4.78 is 47.9. The molecule has 0 unspecified atom stereocenters. The van der Waals surface area contributed by atoms with Gasteiger partial charge in [-0.15, -0.1) is 18.3 Å². The lowest BCUT2D eigenvalue weighted by Gasteiger charge is -2.12. The van der Waals surface area contributed by atoms with Gasteiger partial charge in [-0.1, -0.05) is 12.1 Å². The van der Waals surface area contributed by atoms with Crippen molar-refractivity contribution in [3.63, 3.8) is 0 Å². The topological polar surface area (TPSA) is 117 Å². The van der Waals surface area contributed by atoms with Crippen LogP contribution >= 0.6 is 0 Å². The Morgan fingerprint density at radius 3 is 2.76 bits per heavy atom. The van der Waals surface area contributed by atoms with Gasteiger partial charge in [0.1, 0.15) is 11.3 Å². The smallest absolute Gasteiger partial charge is 0.480 e. The van der Waals surface area contributed by atoms with Gasteiger partial charge in [0.2, 0.25) is 11.8 Å². The van der Waals surface area contributed by atoms with E-state index in [-0.39, 0.29) is 29.7 Å². The highest BCUT2D eigenvalue weighted by Gasteiger charge is 2.31. The van der Waals surface area contributed by atoms with Crippen LogP contribution in [0.4, 0.5) is 19.1 Å². The Hall–Kier alpha value is -4.35. The third kappa shape index (κ3) is 5.11. The van der Waals surface area contributed by atoms with E-state index in [9.17, 15) is 18.0 Å². The second kappa shape index (κ2) is 8.65. The Morgan fingerprint density at radius 2 is 2.00 bits per heavy atom. The van der Waals surface area contributed by atoms with Crippen molar-refractivity contribution in [3.05, 3.63) is 66.0 Å². The normalized spacial score (nSPS) is 11.4. The number of halogens is 3. The lowest BCUT2D eigenvalue weighted by molar-refractivity contribution is -0.274. The number of hydrogen-bond donors (Lipinski definition) is 2. The Balaban J connectivity index is 1.55. The van der Waals surface area contributed by atoms with Gasteiger partial charge >= 0.3 is 6.36 Å². The summed E-state index contributed by atoms with van der Waals surface area (Å²) in [5.41, 5.74) is 8.04. The lowest BCUT2D eigenvalue weighted by Crippen LogP contribution is -2.24. The number of benzene rings is 1. The number of hydrogen-bond acceptors (Lipinski definition) is 7. The number of nitrogens with one attached hydrogen (secondary N) is 1. The zero-order chi connectivity index (χ0) is 23.6. The fourth-order valence-electron chi connectivity index (χ4n) is 3.14. The molecular formula is C21H17F3N6O3. The van der Waals surface area contributed by atoms with Crippen LogP contribution in [-0.2, 0) is 6.54 Å². The van der Waals surface area contributed by atoms with Gasteiger partial charge in [0.25, 0.3) is 5.91 Å². The maximum Gasteiger partial charge on any atom is 0.573 e. The molecule has 4 aromatic rings. The first kappa shape index (κ1) is 21.9. The molecule has 1 aromatic carbocycles. The molecular weight excluding hydrogens is 441 g/mol. The van der Waals surface area contributed by atoms with Crippen LogP contribution in [0.3, 0.4) is 0 Å². The molecule has 3 heterocycles. The minimum atomic E-state index is -4.80. The van der Waals surface area contributed by atoms with Crippen LogP contribution < -0.4 is 20.5 Å². The molecule has 12 heteroatoms. The van der Waals surface area contributed by atoms with E-state index in [0.717, 1.165) is 5.56 Å². The molecule has 1 amide bonds. The summed E-state index contributed by atoms with van der Waals surface area (Å²) in [7, 11) is 1.38. The number of nitrogens with two attached hydrogens (primary N) is 1. The molecule has 3 N–H and O–H groups in total. The van der Waals surface area contributed by atoms with Crippen LogP contribution in [0.2, 0.25) is 0 Å². The zero-order valence-electron chi connectivity index (χ0n) is 17.1. The van der Waals surface area contributed by atoms with Crippen LogP contribution in [0, 0.1) is 0 Å². The number of pyridine rings is 2. The van der Waals surface area contributed by atoms with Crippen molar-refractivity contribution in [1.82, 2.24) is 24.9 Å². The first-order valence-electron chi connectivity index (χ1n) is 9.51. The number of alkyl halides is 3. The monoisotopic (exact) mass is 458 g/mol. The molecule has 0 saturated carbocycles. The van der Waals surface area contributed by atoms with Crippen LogP contribution in [0.15, 0.2) is 54.9 Å². The Labute approximate surface area is 185 Å². The van der Waals surface area contributed by atoms with E-state index in [2.05, 4.69) is 25.1 Å². The van der Waals surface area contributed by atoms with Crippen molar-refractivity contribution in [2.45, 2.75) is 12.9 Å². The van der Waals surface area contributed by atoms with Gasteiger partial charge in [-0.3, -0.25) is 4.79 Å². The number of methoxy groups -OCH3 is 1. The predicted octanol–water partition coefficient (Wildman–Crippen LogP) is 3.21. The molecule has 0 aliphatic rings. The van der Waals surface area contributed by atoms with Crippen molar-refractivity contribution in [2.24, 2.45) is 0 Å².